The van der Waals surface area contributed by atoms with Gasteiger partial charge in [0.05, 0.1) is 56.2 Å². The van der Waals surface area contributed by atoms with Crippen LogP contribution < -0.4 is 14.4 Å². The maximum atomic E-state index is 13.1. The molecule has 0 saturated heterocycles. The summed E-state index contributed by atoms with van der Waals surface area (Å²) in [5.41, 5.74) is 2.15. The Labute approximate surface area is 180 Å². The second-order valence-corrected chi connectivity index (χ2v) is 6.94. The number of aliphatic hydroxyl groups excluding tert-OH is 1. The first-order chi connectivity index (χ1) is 15.3. The number of rotatable bonds is 6. The van der Waals surface area contributed by atoms with Crippen LogP contribution in [0.15, 0.2) is 36.8 Å². The van der Waals surface area contributed by atoms with Crippen molar-refractivity contribution in [3.63, 3.8) is 0 Å². The van der Waals surface area contributed by atoms with Crippen molar-refractivity contribution in [2.45, 2.75) is 18.8 Å². The van der Waals surface area contributed by atoms with Gasteiger partial charge in [0, 0.05) is 18.0 Å². The molecule has 1 aliphatic rings. The number of nitrogens with zero attached hydrogens (tertiary/aromatic N) is 5. The summed E-state index contributed by atoms with van der Waals surface area (Å²) in [5, 5.41) is 12.8. The SMILES string of the molecule is COc1cc(-c2ccc3c(n2)CN(c2cnn(C(CO)C(F)(F)F)c2)C3=O)cnc1OC. The molecule has 1 N–H and O–H groups in total. The van der Waals surface area contributed by atoms with Crippen LogP contribution in [0.5, 0.6) is 11.6 Å². The topological polar surface area (TPSA) is 103 Å². The number of hydrogen-bond acceptors (Lipinski definition) is 7. The fourth-order valence-electron chi connectivity index (χ4n) is 3.40. The van der Waals surface area contributed by atoms with Gasteiger partial charge in [0.1, 0.15) is 0 Å². The Kier molecular flexibility index (Phi) is 5.46. The molecule has 3 aromatic heterocycles. The van der Waals surface area contributed by atoms with E-state index in [4.69, 9.17) is 14.6 Å². The molecule has 0 bridgehead atoms. The summed E-state index contributed by atoms with van der Waals surface area (Å²) >= 11 is 0. The van der Waals surface area contributed by atoms with E-state index in [-0.39, 0.29) is 12.2 Å². The fraction of sp³-hybridized carbons (Fsp3) is 0.300. The molecule has 0 saturated carbocycles. The van der Waals surface area contributed by atoms with E-state index in [2.05, 4.69) is 15.1 Å². The van der Waals surface area contributed by atoms with Gasteiger partial charge in [0.25, 0.3) is 11.8 Å². The lowest BCUT2D eigenvalue weighted by Gasteiger charge is -2.18. The number of amides is 1. The van der Waals surface area contributed by atoms with Crippen molar-refractivity contribution < 1.29 is 32.5 Å². The lowest BCUT2D eigenvalue weighted by molar-refractivity contribution is -0.178. The van der Waals surface area contributed by atoms with Crippen molar-refractivity contribution in [2.24, 2.45) is 0 Å². The number of fused-ring (bicyclic) bond motifs is 1. The third-order valence-electron chi connectivity index (χ3n) is 5.05. The minimum atomic E-state index is -4.68. The lowest BCUT2D eigenvalue weighted by atomic mass is 10.1. The number of carbonyl (C=O) groups excluding carboxylic acids is 1. The first-order valence-corrected chi connectivity index (χ1v) is 9.38. The zero-order chi connectivity index (χ0) is 23.0. The smallest absolute Gasteiger partial charge is 0.413 e. The number of alkyl halides is 3. The van der Waals surface area contributed by atoms with Crippen molar-refractivity contribution in [1.29, 1.82) is 0 Å². The van der Waals surface area contributed by atoms with Crippen LogP contribution in [-0.4, -0.2) is 57.8 Å². The minimum absolute atomic E-state index is 0.0597. The summed E-state index contributed by atoms with van der Waals surface area (Å²) in [4.78, 5) is 22.8. The molecule has 1 aliphatic heterocycles. The Morgan fingerprint density at radius 2 is 2.00 bits per heavy atom. The van der Waals surface area contributed by atoms with Gasteiger partial charge in [-0.25, -0.2) is 4.98 Å². The Morgan fingerprint density at radius 3 is 2.66 bits per heavy atom. The zero-order valence-corrected chi connectivity index (χ0v) is 17.0. The standard InChI is InChI=1S/C20H18F3N5O4/c1-31-16-5-11(6-24-18(16)32-2)14-4-3-13-15(26-14)9-27(19(13)30)12-7-25-28(8-12)17(10-29)20(21,22)23/h3-8,17,29H,9-10H2,1-2H3. The van der Waals surface area contributed by atoms with E-state index < -0.39 is 24.7 Å². The molecule has 0 spiro atoms. The number of anilines is 1. The quantitative estimate of drug-likeness (QED) is 0.617. The van der Waals surface area contributed by atoms with E-state index in [1.54, 1.807) is 24.4 Å². The fourth-order valence-corrected chi connectivity index (χ4v) is 3.40. The molecule has 3 aromatic rings. The molecular weight excluding hydrogens is 431 g/mol. The molecule has 168 valence electrons. The normalized spacial score (nSPS) is 14.4. The molecule has 1 amide bonds. The number of pyridine rings is 2. The van der Waals surface area contributed by atoms with E-state index >= 15 is 0 Å². The highest BCUT2D eigenvalue weighted by Crippen LogP contribution is 2.34. The summed E-state index contributed by atoms with van der Waals surface area (Å²) in [5.74, 6) is 0.327. The van der Waals surface area contributed by atoms with Crippen LogP contribution in [0.25, 0.3) is 11.3 Å². The number of halogens is 3. The lowest BCUT2D eigenvalue weighted by Crippen LogP contribution is -2.30. The van der Waals surface area contributed by atoms with Crippen LogP contribution in [0.2, 0.25) is 0 Å². The number of carbonyl (C=O) groups is 1. The number of ether oxygens (including phenoxy) is 2. The third-order valence-corrected chi connectivity index (χ3v) is 5.05. The first-order valence-electron chi connectivity index (χ1n) is 9.38. The molecule has 12 heteroatoms. The average Bonchev–Trinajstić information content (AvgIpc) is 3.37. The van der Waals surface area contributed by atoms with Gasteiger partial charge in [0.15, 0.2) is 11.8 Å². The minimum Gasteiger partial charge on any atom is -0.491 e. The summed E-state index contributed by atoms with van der Waals surface area (Å²) in [6.45, 7) is -1.10. The molecule has 0 aromatic carbocycles. The Balaban J connectivity index is 1.61. The third kappa shape index (κ3) is 3.73. The van der Waals surface area contributed by atoms with Gasteiger partial charge in [-0.05, 0) is 18.2 Å². The van der Waals surface area contributed by atoms with Crippen LogP contribution in [-0.2, 0) is 6.54 Å². The predicted octanol–water partition coefficient (Wildman–Crippen LogP) is 2.61. The van der Waals surface area contributed by atoms with E-state index in [1.165, 1.54) is 19.1 Å². The number of methoxy groups -OCH3 is 2. The highest BCUT2D eigenvalue weighted by atomic mass is 19.4. The highest BCUT2D eigenvalue weighted by Gasteiger charge is 2.42. The summed E-state index contributed by atoms with van der Waals surface area (Å²) in [6.07, 6.45) is -0.893. The van der Waals surface area contributed by atoms with Crippen LogP contribution >= 0.6 is 0 Å². The predicted molar refractivity (Wildman–Crippen MR) is 105 cm³/mol. The van der Waals surface area contributed by atoms with Crippen LogP contribution in [0.4, 0.5) is 18.9 Å². The molecule has 0 radical (unpaired) electrons. The molecule has 1 atom stereocenters. The summed E-state index contributed by atoms with van der Waals surface area (Å²) in [7, 11) is 2.95. The number of aromatic nitrogens is 4. The molecule has 32 heavy (non-hydrogen) atoms. The Hall–Kier alpha value is -3.67. The van der Waals surface area contributed by atoms with E-state index in [1.807, 2.05) is 0 Å². The summed E-state index contributed by atoms with van der Waals surface area (Å²) < 4.78 is 50.1. The maximum absolute atomic E-state index is 13.1. The molecular formula is C20H18F3N5O4. The van der Waals surface area contributed by atoms with Gasteiger partial charge in [-0.15, -0.1) is 0 Å². The highest BCUT2D eigenvalue weighted by molar-refractivity contribution is 6.09. The van der Waals surface area contributed by atoms with Crippen LogP contribution in [0.3, 0.4) is 0 Å². The first kappa shape index (κ1) is 21.6. The Morgan fingerprint density at radius 1 is 1.22 bits per heavy atom. The second-order valence-electron chi connectivity index (χ2n) is 6.94. The largest absolute Gasteiger partial charge is 0.491 e. The molecule has 4 rings (SSSR count). The molecule has 0 fully saturated rings. The van der Waals surface area contributed by atoms with Gasteiger partial charge >= 0.3 is 6.18 Å². The van der Waals surface area contributed by atoms with Gasteiger partial charge < -0.3 is 14.6 Å². The van der Waals surface area contributed by atoms with Crippen LogP contribution in [0, 0.1) is 0 Å². The zero-order valence-electron chi connectivity index (χ0n) is 17.0. The maximum Gasteiger partial charge on any atom is 0.413 e. The van der Waals surface area contributed by atoms with Crippen molar-refractivity contribution in [3.8, 4) is 22.9 Å². The average molecular weight is 449 g/mol. The van der Waals surface area contributed by atoms with E-state index in [9.17, 15) is 18.0 Å². The van der Waals surface area contributed by atoms with Crippen molar-refractivity contribution in [2.75, 3.05) is 25.7 Å². The summed E-state index contributed by atoms with van der Waals surface area (Å²) in [6, 6.07) is 2.76. The van der Waals surface area contributed by atoms with Crippen LogP contribution in [0.1, 0.15) is 22.1 Å². The van der Waals surface area contributed by atoms with Gasteiger partial charge in [-0.2, -0.15) is 18.3 Å². The molecule has 1 unspecified atom stereocenters. The van der Waals surface area contributed by atoms with Crippen molar-refractivity contribution in [3.05, 3.63) is 48.0 Å². The van der Waals surface area contributed by atoms with Gasteiger partial charge in [-0.1, -0.05) is 0 Å². The second kappa shape index (κ2) is 8.11. The van der Waals surface area contributed by atoms with Crippen molar-refractivity contribution >= 4 is 11.6 Å². The molecule has 0 aliphatic carbocycles. The monoisotopic (exact) mass is 449 g/mol. The van der Waals surface area contributed by atoms with Gasteiger partial charge in [-0.3, -0.25) is 19.4 Å². The van der Waals surface area contributed by atoms with Crippen molar-refractivity contribution in [1.82, 2.24) is 19.7 Å². The number of hydrogen-bond donors (Lipinski definition) is 1. The Bertz CT molecular complexity index is 1160. The molecule has 9 nitrogen and oxygen atoms in total. The van der Waals surface area contributed by atoms with E-state index in [0.29, 0.717) is 38.8 Å². The van der Waals surface area contributed by atoms with E-state index in [0.717, 1.165) is 12.4 Å². The number of aliphatic hydroxyl groups is 1. The molecule has 4 heterocycles. The van der Waals surface area contributed by atoms with Gasteiger partial charge in [0.2, 0.25) is 0 Å².